The zero-order chi connectivity index (χ0) is 13.2. The van der Waals surface area contributed by atoms with Gasteiger partial charge in [0.25, 0.3) is 0 Å². The van der Waals surface area contributed by atoms with Crippen LogP contribution < -0.4 is 5.32 Å². The molecular weight excluding hydrogens is 226 g/mol. The van der Waals surface area contributed by atoms with Gasteiger partial charge in [-0.25, -0.2) is 4.98 Å². The minimum atomic E-state index is 0.280. The number of nitrogens with zero attached hydrogens (tertiary/aromatic N) is 2. The first kappa shape index (κ1) is 13.4. The quantitative estimate of drug-likeness (QED) is 0.844. The summed E-state index contributed by atoms with van der Waals surface area (Å²) in [7, 11) is 1.74. The number of methoxy groups -OCH3 is 1. The summed E-state index contributed by atoms with van der Waals surface area (Å²) in [5, 5.41) is 3.67. The van der Waals surface area contributed by atoms with Crippen molar-refractivity contribution in [2.45, 2.75) is 58.0 Å². The number of nitrogens with one attached hydrogen (secondary N) is 1. The number of aryl methyl sites for hydroxylation is 1. The predicted octanol–water partition coefficient (Wildman–Crippen LogP) is 3.14. The second kappa shape index (κ2) is 5.31. The number of anilines is 1. The maximum absolute atomic E-state index is 5.24. The molecule has 1 atom stereocenters. The Kier molecular flexibility index (Phi) is 3.95. The smallest absolute Gasteiger partial charge is 0.203 e. The first-order valence-corrected chi connectivity index (χ1v) is 6.93. The van der Waals surface area contributed by atoms with Crippen molar-refractivity contribution in [2.24, 2.45) is 0 Å². The minimum absolute atomic E-state index is 0.280. The summed E-state index contributed by atoms with van der Waals surface area (Å²) in [6.45, 7) is 7.17. The standard InChI is InChI=1S/C14H25N3O/c1-5-14(7-6-8-14)16-13-15-11(2)9-17(13)12(3)10-18-4/h9,12H,5-8,10H2,1-4H3,(H,15,16). The van der Waals surface area contributed by atoms with Crippen molar-refractivity contribution < 1.29 is 4.74 Å². The van der Waals surface area contributed by atoms with Crippen LogP contribution in [0.5, 0.6) is 0 Å². The van der Waals surface area contributed by atoms with E-state index in [-0.39, 0.29) is 5.54 Å². The highest BCUT2D eigenvalue weighted by molar-refractivity contribution is 5.35. The maximum Gasteiger partial charge on any atom is 0.203 e. The Morgan fingerprint density at radius 3 is 2.78 bits per heavy atom. The van der Waals surface area contributed by atoms with Crippen LogP contribution in [0, 0.1) is 6.92 Å². The van der Waals surface area contributed by atoms with Crippen LogP contribution in [-0.4, -0.2) is 28.8 Å². The van der Waals surface area contributed by atoms with Crippen molar-refractivity contribution >= 4 is 5.95 Å². The van der Waals surface area contributed by atoms with E-state index in [0.29, 0.717) is 12.6 Å². The first-order chi connectivity index (χ1) is 8.60. The van der Waals surface area contributed by atoms with Crippen LogP contribution in [0.4, 0.5) is 5.95 Å². The molecule has 0 saturated heterocycles. The number of hydrogen-bond donors (Lipinski definition) is 1. The van der Waals surface area contributed by atoms with Crippen molar-refractivity contribution in [3.8, 4) is 0 Å². The van der Waals surface area contributed by atoms with Crippen LogP contribution in [0.2, 0.25) is 0 Å². The molecule has 18 heavy (non-hydrogen) atoms. The molecule has 0 amide bonds. The lowest BCUT2D eigenvalue weighted by atomic mass is 9.75. The van der Waals surface area contributed by atoms with Gasteiger partial charge < -0.3 is 14.6 Å². The van der Waals surface area contributed by atoms with Gasteiger partial charge in [0, 0.05) is 18.8 Å². The molecule has 1 aromatic rings. The number of hydrogen-bond acceptors (Lipinski definition) is 3. The lowest BCUT2D eigenvalue weighted by Crippen LogP contribution is -2.45. The molecule has 1 aliphatic carbocycles. The first-order valence-electron chi connectivity index (χ1n) is 6.93. The average molecular weight is 251 g/mol. The fourth-order valence-electron chi connectivity index (χ4n) is 2.67. The molecule has 1 unspecified atom stereocenters. The molecule has 0 aliphatic heterocycles. The Morgan fingerprint density at radius 1 is 1.56 bits per heavy atom. The second-order valence-corrected chi connectivity index (χ2v) is 5.53. The van der Waals surface area contributed by atoms with Gasteiger partial charge in [0.2, 0.25) is 5.95 Å². The molecule has 0 aromatic carbocycles. The molecule has 102 valence electrons. The number of rotatable bonds is 6. The highest BCUT2D eigenvalue weighted by Crippen LogP contribution is 2.38. The zero-order valence-corrected chi connectivity index (χ0v) is 12.0. The summed E-state index contributed by atoms with van der Waals surface area (Å²) in [5.74, 6) is 0.999. The molecule has 0 spiro atoms. The summed E-state index contributed by atoms with van der Waals surface area (Å²) < 4.78 is 7.45. The van der Waals surface area contributed by atoms with Gasteiger partial charge >= 0.3 is 0 Å². The molecule has 1 saturated carbocycles. The van der Waals surface area contributed by atoms with Crippen LogP contribution in [0.15, 0.2) is 6.20 Å². The van der Waals surface area contributed by atoms with Crippen LogP contribution in [0.25, 0.3) is 0 Å². The Hall–Kier alpha value is -1.03. The van der Waals surface area contributed by atoms with Gasteiger partial charge in [-0.1, -0.05) is 6.92 Å². The van der Waals surface area contributed by atoms with E-state index in [0.717, 1.165) is 18.1 Å². The molecule has 0 radical (unpaired) electrons. The van der Waals surface area contributed by atoms with Crippen LogP contribution in [-0.2, 0) is 4.74 Å². The Labute approximate surface area is 110 Å². The Morgan fingerprint density at radius 2 is 2.28 bits per heavy atom. The molecule has 1 heterocycles. The summed E-state index contributed by atoms with van der Waals surface area (Å²) in [5.41, 5.74) is 1.34. The molecule has 2 rings (SSSR count). The topological polar surface area (TPSA) is 39.1 Å². The van der Waals surface area contributed by atoms with Gasteiger partial charge in [-0.3, -0.25) is 0 Å². The van der Waals surface area contributed by atoms with E-state index in [9.17, 15) is 0 Å². The monoisotopic (exact) mass is 251 g/mol. The third-order valence-electron chi connectivity index (χ3n) is 4.10. The number of imidazole rings is 1. The van der Waals surface area contributed by atoms with Crippen molar-refractivity contribution in [1.29, 1.82) is 0 Å². The normalized spacial score (nSPS) is 19.3. The fraction of sp³-hybridized carbons (Fsp3) is 0.786. The number of ether oxygens (including phenoxy) is 1. The fourth-order valence-corrected chi connectivity index (χ4v) is 2.67. The van der Waals surface area contributed by atoms with Crippen molar-refractivity contribution in [3.63, 3.8) is 0 Å². The third-order valence-corrected chi connectivity index (χ3v) is 4.10. The minimum Gasteiger partial charge on any atom is -0.383 e. The van der Waals surface area contributed by atoms with Crippen LogP contribution in [0.3, 0.4) is 0 Å². The largest absolute Gasteiger partial charge is 0.383 e. The van der Waals surface area contributed by atoms with Gasteiger partial charge in [0.1, 0.15) is 0 Å². The molecule has 1 aromatic heterocycles. The lowest BCUT2D eigenvalue weighted by Gasteiger charge is -2.42. The highest BCUT2D eigenvalue weighted by atomic mass is 16.5. The Balaban J connectivity index is 2.16. The van der Waals surface area contributed by atoms with E-state index in [1.165, 1.54) is 19.3 Å². The molecular formula is C14H25N3O. The van der Waals surface area contributed by atoms with Crippen molar-refractivity contribution in [3.05, 3.63) is 11.9 Å². The third kappa shape index (κ3) is 2.53. The van der Waals surface area contributed by atoms with Crippen molar-refractivity contribution in [2.75, 3.05) is 19.0 Å². The Bertz CT molecular complexity index is 390. The van der Waals surface area contributed by atoms with E-state index in [1.54, 1.807) is 7.11 Å². The highest BCUT2D eigenvalue weighted by Gasteiger charge is 2.36. The molecule has 4 nitrogen and oxygen atoms in total. The summed E-state index contributed by atoms with van der Waals surface area (Å²) >= 11 is 0. The summed E-state index contributed by atoms with van der Waals surface area (Å²) in [6, 6.07) is 0.313. The van der Waals surface area contributed by atoms with Gasteiger partial charge in [-0.05, 0) is 39.5 Å². The maximum atomic E-state index is 5.24. The van der Waals surface area contributed by atoms with E-state index < -0.39 is 0 Å². The average Bonchev–Trinajstić information content (AvgIpc) is 2.65. The number of aromatic nitrogens is 2. The van der Waals surface area contributed by atoms with Crippen LogP contribution in [0.1, 0.15) is 51.3 Å². The molecule has 0 bridgehead atoms. The lowest BCUT2D eigenvalue weighted by molar-refractivity contribution is 0.162. The van der Waals surface area contributed by atoms with E-state index >= 15 is 0 Å². The van der Waals surface area contributed by atoms with Gasteiger partial charge in [-0.15, -0.1) is 0 Å². The van der Waals surface area contributed by atoms with E-state index in [1.807, 2.05) is 6.92 Å². The molecule has 1 fully saturated rings. The summed E-state index contributed by atoms with van der Waals surface area (Å²) in [6.07, 6.45) is 7.11. The molecule has 1 N–H and O–H groups in total. The summed E-state index contributed by atoms with van der Waals surface area (Å²) in [4.78, 5) is 4.63. The predicted molar refractivity (Wildman–Crippen MR) is 74.0 cm³/mol. The van der Waals surface area contributed by atoms with Crippen LogP contribution >= 0.6 is 0 Å². The molecule has 4 heteroatoms. The van der Waals surface area contributed by atoms with Gasteiger partial charge in [0.15, 0.2) is 0 Å². The van der Waals surface area contributed by atoms with Crippen molar-refractivity contribution in [1.82, 2.24) is 9.55 Å². The molecule has 1 aliphatic rings. The second-order valence-electron chi connectivity index (χ2n) is 5.53. The SMILES string of the molecule is CCC1(Nc2nc(C)cn2C(C)COC)CCC1. The van der Waals surface area contributed by atoms with Gasteiger partial charge in [0.05, 0.1) is 18.3 Å². The zero-order valence-electron chi connectivity index (χ0n) is 12.0. The van der Waals surface area contributed by atoms with E-state index in [4.69, 9.17) is 4.74 Å². The van der Waals surface area contributed by atoms with E-state index in [2.05, 4.69) is 34.9 Å². The van der Waals surface area contributed by atoms with Gasteiger partial charge in [-0.2, -0.15) is 0 Å².